The molecule has 138 valence electrons. The Hall–Kier alpha value is -2.30. The van der Waals surface area contributed by atoms with Gasteiger partial charge in [0.05, 0.1) is 17.9 Å². The Morgan fingerprint density at radius 3 is 2.65 bits per heavy atom. The van der Waals surface area contributed by atoms with E-state index >= 15 is 0 Å². The van der Waals surface area contributed by atoms with Gasteiger partial charge in [0.25, 0.3) is 0 Å². The molecular weight excluding hydrogens is 358 g/mol. The maximum absolute atomic E-state index is 12.9. The molecule has 9 nitrogen and oxygen atoms in total. The molecule has 0 unspecified atom stereocenters. The number of rotatable bonds is 4. The van der Waals surface area contributed by atoms with E-state index in [2.05, 4.69) is 20.4 Å². The number of carbonyl (C=O) groups is 1. The Kier molecular flexibility index (Phi) is 4.25. The third-order valence-electron chi connectivity index (χ3n) is 4.60. The highest BCUT2D eigenvalue weighted by Crippen LogP contribution is 2.27. The molecule has 4 rings (SSSR count). The number of benzene rings is 1. The van der Waals surface area contributed by atoms with Gasteiger partial charge >= 0.3 is 0 Å². The van der Waals surface area contributed by atoms with Crippen molar-refractivity contribution >= 4 is 21.6 Å². The van der Waals surface area contributed by atoms with Gasteiger partial charge in [0.1, 0.15) is 0 Å². The lowest BCUT2D eigenvalue weighted by atomic mass is 10.2. The van der Waals surface area contributed by atoms with Crippen LogP contribution in [0.4, 0.5) is 5.69 Å². The Labute approximate surface area is 151 Å². The molecule has 10 heteroatoms. The summed E-state index contributed by atoms with van der Waals surface area (Å²) in [5, 5.41) is 10.5. The molecule has 0 spiro atoms. The molecule has 0 saturated carbocycles. The molecule has 1 saturated heterocycles. The summed E-state index contributed by atoms with van der Waals surface area (Å²) in [7, 11) is -3.58. The number of nitrogens with one attached hydrogen (secondary N) is 1. The average molecular weight is 377 g/mol. The number of hydrogen-bond donors (Lipinski definition) is 1. The lowest BCUT2D eigenvalue weighted by Gasteiger charge is -2.33. The maximum Gasteiger partial charge on any atom is 0.243 e. The zero-order valence-corrected chi connectivity index (χ0v) is 15.1. The van der Waals surface area contributed by atoms with Crippen molar-refractivity contribution in [1.29, 1.82) is 0 Å². The second-order valence-corrected chi connectivity index (χ2v) is 8.38. The largest absolute Gasteiger partial charge is 0.424 e. The van der Waals surface area contributed by atoms with Gasteiger partial charge in [-0.15, -0.1) is 10.2 Å². The lowest BCUT2D eigenvalue weighted by Crippen LogP contribution is -2.48. The SMILES string of the molecule is Cc1nnc(CN2CCN(S(=O)(=O)c3ccc4c(c3)CC(=O)N4)CC2)o1. The van der Waals surface area contributed by atoms with Crippen molar-refractivity contribution in [3.05, 3.63) is 35.5 Å². The van der Waals surface area contributed by atoms with Crippen LogP contribution >= 0.6 is 0 Å². The lowest BCUT2D eigenvalue weighted by molar-refractivity contribution is -0.115. The van der Waals surface area contributed by atoms with Crippen LogP contribution in [-0.2, 0) is 27.8 Å². The number of carbonyl (C=O) groups excluding carboxylic acids is 1. The van der Waals surface area contributed by atoms with E-state index in [1.165, 1.54) is 4.31 Å². The minimum atomic E-state index is -3.58. The van der Waals surface area contributed by atoms with Gasteiger partial charge in [-0.25, -0.2) is 8.42 Å². The first kappa shape index (κ1) is 17.1. The standard InChI is InChI=1S/C16H19N5O4S/c1-11-18-19-16(25-11)10-20-4-6-21(7-5-20)26(23,24)13-2-3-14-12(8-13)9-15(22)17-14/h2-3,8H,4-7,9-10H2,1H3,(H,17,22). The van der Waals surface area contributed by atoms with Crippen LogP contribution in [0, 0.1) is 6.92 Å². The molecule has 1 N–H and O–H groups in total. The van der Waals surface area contributed by atoms with Gasteiger partial charge in [-0.05, 0) is 23.8 Å². The number of aromatic nitrogens is 2. The van der Waals surface area contributed by atoms with Gasteiger partial charge in [-0.2, -0.15) is 4.31 Å². The van der Waals surface area contributed by atoms with Crippen molar-refractivity contribution in [1.82, 2.24) is 19.4 Å². The van der Waals surface area contributed by atoms with E-state index in [4.69, 9.17) is 4.42 Å². The van der Waals surface area contributed by atoms with E-state index in [-0.39, 0.29) is 17.2 Å². The summed E-state index contributed by atoms with van der Waals surface area (Å²) in [4.78, 5) is 13.8. The fourth-order valence-corrected chi connectivity index (χ4v) is 4.71. The fraction of sp³-hybridized carbons (Fsp3) is 0.438. The molecule has 0 radical (unpaired) electrons. The first-order chi connectivity index (χ1) is 12.4. The van der Waals surface area contributed by atoms with E-state index in [0.717, 1.165) is 5.56 Å². The molecule has 0 aliphatic carbocycles. The molecule has 1 aromatic carbocycles. The zero-order chi connectivity index (χ0) is 18.3. The van der Waals surface area contributed by atoms with E-state index in [1.54, 1.807) is 25.1 Å². The minimum Gasteiger partial charge on any atom is -0.424 e. The van der Waals surface area contributed by atoms with Crippen molar-refractivity contribution in [3.63, 3.8) is 0 Å². The number of anilines is 1. The van der Waals surface area contributed by atoms with Crippen molar-refractivity contribution in [2.45, 2.75) is 24.8 Å². The van der Waals surface area contributed by atoms with Gasteiger partial charge < -0.3 is 9.73 Å². The quantitative estimate of drug-likeness (QED) is 0.820. The molecule has 26 heavy (non-hydrogen) atoms. The number of piperazine rings is 1. The number of amides is 1. The topological polar surface area (TPSA) is 109 Å². The highest BCUT2D eigenvalue weighted by molar-refractivity contribution is 7.89. The summed E-state index contributed by atoms with van der Waals surface area (Å²) in [6, 6.07) is 4.80. The second kappa shape index (κ2) is 6.45. The average Bonchev–Trinajstić information content (AvgIpc) is 3.18. The number of hydrogen-bond acceptors (Lipinski definition) is 7. The molecule has 2 aromatic rings. The summed E-state index contributed by atoms with van der Waals surface area (Å²) in [6.07, 6.45) is 0.218. The van der Waals surface area contributed by atoms with Crippen LogP contribution in [0.2, 0.25) is 0 Å². The van der Waals surface area contributed by atoms with E-state index in [9.17, 15) is 13.2 Å². The highest BCUT2D eigenvalue weighted by Gasteiger charge is 2.30. The van der Waals surface area contributed by atoms with Gasteiger partial charge in [0, 0.05) is 38.8 Å². The summed E-state index contributed by atoms with van der Waals surface area (Å²) in [6.45, 7) is 4.22. The molecule has 0 atom stereocenters. The third-order valence-corrected chi connectivity index (χ3v) is 6.49. The summed E-state index contributed by atoms with van der Waals surface area (Å²) < 4.78 is 32.6. The Bertz CT molecular complexity index is 947. The van der Waals surface area contributed by atoms with Gasteiger partial charge in [-0.1, -0.05) is 0 Å². The molecule has 0 bridgehead atoms. The van der Waals surface area contributed by atoms with Crippen LogP contribution in [0.1, 0.15) is 17.3 Å². The number of fused-ring (bicyclic) bond motifs is 1. The first-order valence-electron chi connectivity index (χ1n) is 8.36. The Balaban J connectivity index is 1.43. The number of aryl methyl sites for hydroxylation is 1. The zero-order valence-electron chi connectivity index (χ0n) is 14.3. The molecule has 1 aromatic heterocycles. The summed E-state index contributed by atoms with van der Waals surface area (Å²) in [5.41, 5.74) is 1.41. The monoisotopic (exact) mass is 377 g/mol. The minimum absolute atomic E-state index is 0.112. The van der Waals surface area contributed by atoms with E-state index < -0.39 is 10.0 Å². The van der Waals surface area contributed by atoms with E-state index in [1.807, 2.05) is 0 Å². The predicted octanol–water partition coefficient (Wildman–Crippen LogP) is 0.379. The molecule has 3 heterocycles. The smallest absolute Gasteiger partial charge is 0.243 e. The van der Waals surface area contributed by atoms with E-state index in [0.29, 0.717) is 50.2 Å². The maximum atomic E-state index is 12.9. The summed E-state index contributed by atoms with van der Waals surface area (Å²) >= 11 is 0. The molecular formula is C16H19N5O4S. The number of sulfonamides is 1. The van der Waals surface area contributed by atoms with Crippen LogP contribution in [-0.4, -0.2) is 59.9 Å². The van der Waals surface area contributed by atoms with Crippen molar-refractivity contribution < 1.29 is 17.6 Å². The Morgan fingerprint density at radius 2 is 1.96 bits per heavy atom. The molecule has 1 amide bonds. The first-order valence-corrected chi connectivity index (χ1v) is 9.80. The summed E-state index contributed by atoms with van der Waals surface area (Å²) in [5.74, 6) is 0.944. The predicted molar refractivity (Wildman–Crippen MR) is 91.8 cm³/mol. The normalized spacial score (nSPS) is 18.7. The highest BCUT2D eigenvalue weighted by atomic mass is 32.2. The Morgan fingerprint density at radius 1 is 1.19 bits per heavy atom. The second-order valence-electron chi connectivity index (χ2n) is 6.44. The van der Waals surface area contributed by atoms with Crippen molar-refractivity contribution in [3.8, 4) is 0 Å². The van der Waals surface area contributed by atoms with Crippen LogP contribution in [0.15, 0.2) is 27.5 Å². The van der Waals surface area contributed by atoms with Crippen LogP contribution in [0.3, 0.4) is 0 Å². The van der Waals surface area contributed by atoms with Crippen molar-refractivity contribution in [2.24, 2.45) is 0 Å². The molecule has 2 aliphatic rings. The molecule has 2 aliphatic heterocycles. The van der Waals surface area contributed by atoms with Gasteiger partial charge in [-0.3, -0.25) is 9.69 Å². The van der Waals surface area contributed by atoms with Gasteiger partial charge in [0.15, 0.2) is 0 Å². The van der Waals surface area contributed by atoms with Crippen molar-refractivity contribution in [2.75, 3.05) is 31.5 Å². The van der Waals surface area contributed by atoms with Crippen LogP contribution < -0.4 is 5.32 Å². The molecule has 1 fully saturated rings. The van der Waals surface area contributed by atoms with Gasteiger partial charge in [0.2, 0.25) is 27.7 Å². The van der Waals surface area contributed by atoms with Crippen LogP contribution in [0.25, 0.3) is 0 Å². The fourth-order valence-electron chi connectivity index (χ4n) is 3.24. The van der Waals surface area contributed by atoms with Crippen LogP contribution in [0.5, 0.6) is 0 Å². The number of nitrogens with zero attached hydrogens (tertiary/aromatic N) is 4. The third kappa shape index (κ3) is 3.22.